The second-order valence-corrected chi connectivity index (χ2v) is 6.87. The molecule has 1 aromatic heterocycles. The topological polar surface area (TPSA) is 59.1 Å². The quantitative estimate of drug-likeness (QED) is 0.811. The highest BCUT2D eigenvalue weighted by Gasteiger charge is 2.39. The third-order valence-electron chi connectivity index (χ3n) is 3.29. The van der Waals surface area contributed by atoms with Crippen molar-refractivity contribution in [1.29, 1.82) is 0 Å². The van der Waals surface area contributed by atoms with Gasteiger partial charge in [0.05, 0.1) is 5.75 Å². The van der Waals surface area contributed by atoms with E-state index in [0.29, 0.717) is 12.3 Å². The fraction of sp³-hybridized carbons (Fsp3) is 0.583. The number of hydrogen-bond acceptors (Lipinski definition) is 3. The lowest BCUT2D eigenvalue weighted by Gasteiger charge is -2.40. The molecule has 4 nitrogen and oxygen atoms in total. The number of aryl methyl sites for hydroxylation is 1. The van der Waals surface area contributed by atoms with Gasteiger partial charge in [0, 0.05) is 29.7 Å². The molecule has 1 fully saturated rings. The van der Waals surface area contributed by atoms with Crippen LogP contribution in [0.15, 0.2) is 24.4 Å². The molecule has 0 aromatic carbocycles. The summed E-state index contributed by atoms with van der Waals surface area (Å²) in [5.74, 6) is 0.401. The molecular formula is C12H17ClN2O2S. The van der Waals surface area contributed by atoms with E-state index in [1.807, 2.05) is 18.2 Å². The lowest BCUT2D eigenvalue weighted by molar-refractivity contribution is 0.252. The molecule has 1 saturated carbocycles. The maximum absolute atomic E-state index is 12.0. The minimum absolute atomic E-state index is 0.0582. The first-order valence-corrected chi connectivity index (χ1v) is 8.21. The zero-order valence-electron chi connectivity index (χ0n) is 10.1. The van der Waals surface area contributed by atoms with Gasteiger partial charge in [0.15, 0.2) is 0 Å². The summed E-state index contributed by atoms with van der Waals surface area (Å²) in [6.45, 7) is 0. The number of pyridine rings is 1. The molecule has 0 radical (unpaired) electrons. The standard InChI is InChI=1S/C12H17ClN2O2S/c13-10-12(6-3-7-12)15-18(16,17)9-5-11-4-1-2-8-14-11/h1-2,4,8,15H,3,5-7,9-10H2. The fourth-order valence-electron chi connectivity index (χ4n) is 2.03. The summed E-state index contributed by atoms with van der Waals surface area (Å²) in [7, 11) is -3.28. The first kappa shape index (κ1) is 13.8. The second kappa shape index (κ2) is 5.55. The first-order chi connectivity index (χ1) is 8.55. The summed E-state index contributed by atoms with van der Waals surface area (Å²) < 4.78 is 26.7. The zero-order valence-corrected chi connectivity index (χ0v) is 11.7. The minimum Gasteiger partial charge on any atom is -0.261 e. The Kier molecular flexibility index (Phi) is 4.25. The largest absolute Gasteiger partial charge is 0.261 e. The van der Waals surface area contributed by atoms with Crippen molar-refractivity contribution in [3.8, 4) is 0 Å². The van der Waals surface area contributed by atoms with Crippen molar-refractivity contribution in [3.05, 3.63) is 30.1 Å². The molecule has 0 saturated heterocycles. The molecule has 0 atom stereocenters. The number of hydrogen-bond donors (Lipinski definition) is 1. The molecule has 0 spiro atoms. The van der Waals surface area contributed by atoms with Crippen molar-refractivity contribution in [1.82, 2.24) is 9.71 Å². The lowest BCUT2D eigenvalue weighted by atomic mass is 9.79. The molecule has 1 aliphatic carbocycles. The SMILES string of the molecule is O=S(=O)(CCc1ccccn1)NC1(CCl)CCC1. The number of aromatic nitrogens is 1. The van der Waals surface area contributed by atoms with Gasteiger partial charge in [-0.05, 0) is 31.4 Å². The van der Waals surface area contributed by atoms with E-state index in [2.05, 4.69) is 9.71 Å². The van der Waals surface area contributed by atoms with Gasteiger partial charge in [-0.1, -0.05) is 6.07 Å². The van der Waals surface area contributed by atoms with Gasteiger partial charge < -0.3 is 0 Å². The number of alkyl halides is 1. The monoisotopic (exact) mass is 288 g/mol. The highest BCUT2D eigenvalue weighted by atomic mass is 35.5. The van der Waals surface area contributed by atoms with Crippen LogP contribution in [0.3, 0.4) is 0 Å². The van der Waals surface area contributed by atoms with Gasteiger partial charge in [-0.2, -0.15) is 0 Å². The Morgan fingerprint density at radius 1 is 1.39 bits per heavy atom. The number of halogens is 1. The van der Waals surface area contributed by atoms with E-state index < -0.39 is 15.6 Å². The van der Waals surface area contributed by atoms with E-state index in [0.717, 1.165) is 25.0 Å². The summed E-state index contributed by atoms with van der Waals surface area (Å²) in [6, 6.07) is 5.50. The summed E-state index contributed by atoms with van der Waals surface area (Å²) in [6.07, 6.45) is 4.80. The van der Waals surface area contributed by atoms with Crippen LogP contribution in [0.4, 0.5) is 0 Å². The van der Waals surface area contributed by atoms with E-state index in [1.54, 1.807) is 6.20 Å². The normalized spacial score (nSPS) is 18.3. The average Bonchev–Trinajstić information content (AvgIpc) is 2.33. The molecule has 0 bridgehead atoms. The van der Waals surface area contributed by atoms with Crippen molar-refractivity contribution in [2.75, 3.05) is 11.6 Å². The molecule has 1 aromatic rings. The van der Waals surface area contributed by atoms with E-state index in [-0.39, 0.29) is 5.75 Å². The van der Waals surface area contributed by atoms with Crippen LogP contribution in [0.25, 0.3) is 0 Å². The van der Waals surface area contributed by atoms with Crippen LogP contribution in [-0.4, -0.2) is 30.6 Å². The smallest absolute Gasteiger partial charge is 0.212 e. The molecular weight excluding hydrogens is 272 g/mol. The van der Waals surface area contributed by atoms with Gasteiger partial charge in [-0.25, -0.2) is 13.1 Å². The van der Waals surface area contributed by atoms with Crippen LogP contribution >= 0.6 is 11.6 Å². The highest BCUT2D eigenvalue weighted by Crippen LogP contribution is 2.33. The van der Waals surface area contributed by atoms with Gasteiger partial charge in [0.25, 0.3) is 0 Å². The van der Waals surface area contributed by atoms with Gasteiger partial charge in [0.2, 0.25) is 10.0 Å². The molecule has 100 valence electrons. The number of nitrogens with zero attached hydrogens (tertiary/aromatic N) is 1. The molecule has 1 aliphatic rings. The van der Waals surface area contributed by atoms with Crippen LogP contribution in [-0.2, 0) is 16.4 Å². The molecule has 18 heavy (non-hydrogen) atoms. The van der Waals surface area contributed by atoms with Crippen LogP contribution in [0.2, 0.25) is 0 Å². The Morgan fingerprint density at radius 3 is 2.67 bits per heavy atom. The number of rotatable bonds is 6. The maximum atomic E-state index is 12.0. The minimum atomic E-state index is -3.28. The Balaban J connectivity index is 1.92. The van der Waals surface area contributed by atoms with E-state index in [4.69, 9.17) is 11.6 Å². The molecule has 2 rings (SSSR count). The van der Waals surface area contributed by atoms with Gasteiger partial charge in [-0.15, -0.1) is 11.6 Å². The van der Waals surface area contributed by atoms with Crippen LogP contribution in [0, 0.1) is 0 Å². The van der Waals surface area contributed by atoms with Gasteiger partial charge >= 0.3 is 0 Å². The predicted octanol–water partition coefficient (Wildman–Crippen LogP) is 1.71. The Bertz CT molecular complexity index is 481. The highest BCUT2D eigenvalue weighted by molar-refractivity contribution is 7.89. The number of sulfonamides is 1. The van der Waals surface area contributed by atoms with Crippen molar-refractivity contribution in [2.45, 2.75) is 31.2 Å². The summed E-state index contributed by atoms with van der Waals surface area (Å²) in [5.41, 5.74) is 0.390. The van der Waals surface area contributed by atoms with Gasteiger partial charge in [0.1, 0.15) is 0 Å². The zero-order chi connectivity index (χ0) is 13.1. The van der Waals surface area contributed by atoms with E-state index in [1.165, 1.54) is 0 Å². The predicted molar refractivity (Wildman–Crippen MR) is 72.2 cm³/mol. The molecule has 0 amide bonds. The summed E-state index contributed by atoms with van der Waals surface area (Å²) in [5, 5.41) is 0. The summed E-state index contributed by atoms with van der Waals surface area (Å²) in [4.78, 5) is 4.11. The molecule has 1 N–H and O–H groups in total. The van der Waals surface area contributed by atoms with Crippen molar-refractivity contribution in [2.24, 2.45) is 0 Å². The van der Waals surface area contributed by atoms with Crippen molar-refractivity contribution in [3.63, 3.8) is 0 Å². The molecule has 0 aliphatic heterocycles. The van der Waals surface area contributed by atoms with Crippen LogP contribution in [0.5, 0.6) is 0 Å². The van der Waals surface area contributed by atoms with Crippen LogP contribution < -0.4 is 4.72 Å². The lowest BCUT2D eigenvalue weighted by Crippen LogP contribution is -2.55. The Hall–Kier alpha value is -0.650. The molecule has 1 heterocycles. The van der Waals surface area contributed by atoms with Crippen molar-refractivity contribution >= 4 is 21.6 Å². The average molecular weight is 289 g/mol. The Morgan fingerprint density at radius 2 is 2.17 bits per heavy atom. The van der Waals surface area contributed by atoms with E-state index >= 15 is 0 Å². The fourth-order valence-corrected chi connectivity index (χ4v) is 3.96. The van der Waals surface area contributed by atoms with Gasteiger partial charge in [-0.3, -0.25) is 4.98 Å². The number of nitrogens with one attached hydrogen (secondary N) is 1. The van der Waals surface area contributed by atoms with E-state index in [9.17, 15) is 8.42 Å². The first-order valence-electron chi connectivity index (χ1n) is 6.03. The van der Waals surface area contributed by atoms with Crippen LogP contribution in [0.1, 0.15) is 25.0 Å². The maximum Gasteiger partial charge on any atom is 0.212 e. The molecule has 6 heteroatoms. The third kappa shape index (κ3) is 3.43. The Labute approximate surface area is 113 Å². The molecule has 0 unspecified atom stereocenters. The second-order valence-electron chi connectivity index (χ2n) is 4.76. The third-order valence-corrected chi connectivity index (χ3v) is 5.29. The van der Waals surface area contributed by atoms with Crippen molar-refractivity contribution < 1.29 is 8.42 Å². The summed E-state index contributed by atoms with van der Waals surface area (Å²) >= 11 is 5.84.